The van der Waals surface area contributed by atoms with E-state index in [0.717, 1.165) is 32.8 Å². The Bertz CT molecular complexity index is 184. The van der Waals surface area contributed by atoms with E-state index in [4.69, 9.17) is 4.74 Å². The molecule has 0 aromatic carbocycles. The third kappa shape index (κ3) is 6.99. The van der Waals surface area contributed by atoms with Crippen LogP contribution in [0, 0.1) is 0 Å². The average Bonchev–Trinajstić information content (AvgIpc) is 2.35. The van der Waals surface area contributed by atoms with Gasteiger partial charge in [-0.05, 0) is 13.3 Å². The first kappa shape index (κ1) is 14.9. The van der Waals surface area contributed by atoms with Crippen molar-refractivity contribution in [3.63, 3.8) is 0 Å². The van der Waals surface area contributed by atoms with Crippen molar-refractivity contribution in [1.82, 2.24) is 10.2 Å². The maximum atomic E-state index is 9.93. The highest BCUT2D eigenvalue weighted by Crippen LogP contribution is 2.01. The molecule has 0 bridgehead atoms. The van der Waals surface area contributed by atoms with Gasteiger partial charge in [0.2, 0.25) is 0 Å². The molecule has 0 aromatic rings. The van der Waals surface area contributed by atoms with E-state index in [1.165, 1.54) is 19.3 Å². The second-order valence-corrected chi connectivity index (χ2v) is 5.02. The molecular formula is C13H28N2O2. The third-order valence-electron chi connectivity index (χ3n) is 3.27. The van der Waals surface area contributed by atoms with E-state index in [1.54, 1.807) is 0 Å². The minimum absolute atomic E-state index is 0.267. The molecule has 4 nitrogen and oxygen atoms in total. The van der Waals surface area contributed by atoms with Crippen LogP contribution in [-0.4, -0.2) is 61.5 Å². The molecule has 102 valence electrons. The highest BCUT2D eigenvalue weighted by Gasteiger charge is 2.15. The number of rotatable bonds is 8. The number of aliphatic hydroxyl groups excluding tert-OH is 1. The van der Waals surface area contributed by atoms with Gasteiger partial charge in [0, 0.05) is 32.2 Å². The van der Waals surface area contributed by atoms with Crippen LogP contribution in [0.4, 0.5) is 0 Å². The number of nitrogens with one attached hydrogen (secondary N) is 1. The van der Waals surface area contributed by atoms with E-state index < -0.39 is 0 Å². The van der Waals surface area contributed by atoms with Crippen LogP contribution in [0.3, 0.4) is 0 Å². The fraction of sp³-hybridized carbons (Fsp3) is 1.00. The summed E-state index contributed by atoms with van der Waals surface area (Å²) in [5, 5.41) is 13.3. The monoisotopic (exact) mass is 244 g/mol. The predicted octanol–water partition coefficient (Wildman–Crippen LogP) is 0.848. The van der Waals surface area contributed by atoms with Gasteiger partial charge in [-0.2, -0.15) is 0 Å². The van der Waals surface area contributed by atoms with Gasteiger partial charge in [0.25, 0.3) is 0 Å². The van der Waals surface area contributed by atoms with Gasteiger partial charge >= 0.3 is 0 Å². The Kier molecular flexibility index (Phi) is 7.77. The molecular weight excluding hydrogens is 216 g/mol. The number of unbranched alkanes of at least 4 members (excludes halogenated alkanes) is 1. The van der Waals surface area contributed by atoms with Crippen LogP contribution in [0.5, 0.6) is 0 Å². The standard InChI is InChI=1S/C13H28N2O2/c1-3-4-5-12(2)14-10-13(16)11-15-6-8-17-9-7-15/h12-14,16H,3-11H2,1-2H3. The Morgan fingerprint density at radius 1 is 1.35 bits per heavy atom. The summed E-state index contributed by atoms with van der Waals surface area (Å²) in [4.78, 5) is 2.27. The molecule has 2 atom stereocenters. The Morgan fingerprint density at radius 2 is 2.06 bits per heavy atom. The SMILES string of the molecule is CCCCC(C)NCC(O)CN1CCOCC1. The number of nitrogens with zero attached hydrogens (tertiary/aromatic N) is 1. The molecule has 0 aliphatic carbocycles. The van der Waals surface area contributed by atoms with Gasteiger partial charge in [-0.15, -0.1) is 0 Å². The predicted molar refractivity (Wildman–Crippen MR) is 70.3 cm³/mol. The van der Waals surface area contributed by atoms with Crippen LogP contribution in [-0.2, 0) is 4.74 Å². The molecule has 1 heterocycles. The molecule has 17 heavy (non-hydrogen) atoms. The van der Waals surface area contributed by atoms with E-state index in [2.05, 4.69) is 24.1 Å². The molecule has 0 amide bonds. The summed E-state index contributed by atoms with van der Waals surface area (Å²) in [5.74, 6) is 0. The summed E-state index contributed by atoms with van der Waals surface area (Å²) in [6.07, 6.45) is 3.42. The van der Waals surface area contributed by atoms with E-state index in [0.29, 0.717) is 12.6 Å². The zero-order valence-corrected chi connectivity index (χ0v) is 11.3. The van der Waals surface area contributed by atoms with Crippen molar-refractivity contribution in [1.29, 1.82) is 0 Å². The topological polar surface area (TPSA) is 44.7 Å². The summed E-state index contributed by atoms with van der Waals surface area (Å²) in [6.45, 7) is 9.35. The second kappa shape index (κ2) is 8.86. The quantitative estimate of drug-likeness (QED) is 0.664. The lowest BCUT2D eigenvalue weighted by molar-refractivity contribution is 0.0145. The summed E-state index contributed by atoms with van der Waals surface area (Å²) >= 11 is 0. The summed E-state index contributed by atoms with van der Waals surface area (Å²) in [6, 6.07) is 0.509. The maximum absolute atomic E-state index is 9.93. The first-order valence-corrected chi connectivity index (χ1v) is 6.94. The minimum atomic E-state index is -0.267. The van der Waals surface area contributed by atoms with Crippen LogP contribution in [0.1, 0.15) is 33.1 Å². The van der Waals surface area contributed by atoms with Crippen LogP contribution < -0.4 is 5.32 Å². The zero-order valence-electron chi connectivity index (χ0n) is 11.3. The van der Waals surface area contributed by atoms with Crippen molar-refractivity contribution in [2.24, 2.45) is 0 Å². The number of morpholine rings is 1. The molecule has 1 aliphatic heterocycles. The average molecular weight is 244 g/mol. The van der Waals surface area contributed by atoms with Crippen molar-refractivity contribution < 1.29 is 9.84 Å². The van der Waals surface area contributed by atoms with Gasteiger partial charge < -0.3 is 15.2 Å². The number of hydrogen-bond acceptors (Lipinski definition) is 4. The van der Waals surface area contributed by atoms with Crippen molar-refractivity contribution in [3.05, 3.63) is 0 Å². The fourth-order valence-electron chi connectivity index (χ4n) is 2.10. The summed E-state index contributed by atoms with van der Waals surface area (Å²) < 4.78 is 5.28. The van der Waals surface area contributed by atoms with Crippen molar-refractivity contribution in [2.45, 2.75) is 45.3 Å². The summed E-state index contributed by atoms with van der Waals surface area (Å²) in [7, 11) is 0. The van der Waals surface area contributed by atoms with Crippen molar-refractivity contribution >= 4 is 0 Å². The van der Waals surface area contributed by atoms with Gasteiger partial charge in [-0.25, -0.2) is 0 Å². The van der Waals surface area contributed by atoms with Gasteiger partial charge in [-0.1, -0.05) is 19.8 Å². The second-order valence-electron chi connectivity index (χ2n) is 5.02. The van der Waals surface area contributed by atoms with Crippen molar-refractivity contribution in [3.8, 4) is 0 Å². The van der Waals surface area contributed by atoms with E-state index in [1.807, 2.05) is 0 Å². The molecule has 1 saturated heterocycles. The number of β-amino-alcohol motifs (C(OH)–C–C–N with tert-alkyl or cyclic N) is 1. The highest BCUT2D eigenvalue weighted by atomic mass is 16.5. The fourth-order valence-corrected chi connectivity index (χ4v) is 2.10. The Hall–Kier alpha value is -0.160. The van der Waals surface area contributed by atoms with Gasteiger partial charge in [-0.3, -0.25) is 4.90 Å². The van der Waals surface area contributed by atoms with Crippen LogP contribution >= 0.6 is 0 Å². The lowest BCUT2D eigenvalue weighted by Crippen LogP contribution is -2.44. The molecule has 0 aromatic heterocycles. The molecule has 0 spiro atoms. The summed E-state index contributed by atoms with van der Waals surface area (Å²) in [5.41, 5.74) is 0. The van der Waals surface area contributed by atoms with Crippen LogP contribution in [0.25, 0.3) is 0 Å². The Morgan fingerprint density at radius 3 is 2.71 bits per heavy atom. The minimum Gasteiger partial charge on any atom is -0.390 e. The lowest BCUT2D eigenvalue weighted by Gasteiger charge is -2.29. The van der Waals surface area contributed by atoms with E-state index in [9.17, 15) is 5.11 Å². The van der Waals surface area contributed by atoms with Gasteiger partial charge in [0.15, 0.2) is 0 Å². The Labute approximate surface area is 105 Å². The molecule has 0 radical (unpaired) electrons. The van der Waals surface area contributed by atoms with E-state index in [-0.39, 0.29) is 6.10 Å². The molecule has 1 rings (SSSR count). The smallest absolute Gasteiger partial charge is 0.0791 e. The first-order valence-electron chi connectivity index (χ1n) is 6.94. The largest absolute Gasteiger partial charge is 0.390 e. The van der Waals surface area contributed by atoms with Gasteiger partial charge in [0.05, 0.1) is 19.3 Å². The van der Waals surface area contributed by atoms with Crippen molar-refractivity contribution in [2.75, 3.05) is 39.4 Å². The third-order valence-corrected chi connectivity index (χ3v) is 3.27. The molecule has 0 saturated carbocycles. The number of ether oxygens (including phenoxy) is 1. The van der Waals surface area contributed by atoms with Crippen LogP contribution in [0.2, 0.25) is 0 Å². The van der Waals surface area contributed by atoms with Crippen LogP contribution in [0.15, 0.2) is 0 Å². The molecule has 1 aliphatic rings. The maximum Gasteiger partial charge on any atom is 0.0791 e. The van der Waals surface area contributed by atoms with Gasteiger partial charge in [0.1, 0.15) is 0 Å². The number of hydrogen-bond donors (Lipinski definition) is 2. The highest BCUT2D eigenvalue weighted by molar-refractivity contribution is 4.71. The molecule has 4 heteroatoms. The number of aliphatic hydroxyl groups is 1. The molecule has 1 fully saturated rings. The Balaban J connectivity index is 2.05. The first-order chi connectivity index (χ1) is 8.22. The molecule has 2 N–H and O–H groups in total. The normalized spacial score (nSPS) is 21.4. The van der Waals surface area contributed by atoms with E-state index >= 15 is 0 Å². The zero-order chi connectivity index (χ0) is 12.5. The molecule has 2 unspecified atom stereocenters. The lowest BCUT2D eigenvalue weighted by atomic mass is 10.1.